The van der Waals surface area contributed by atoms with Gasteiger partial charge in [0.05, 0.1) is 6.54 Å². The fraction of sp³-hybridized carbons (Fsp3) is 0.423. The Morgan fingerprint density at radius 1 is 1.06 bits per heavy atom. The lowest BCUT2D eigenvalue weighted by Gasteiger charge is -2.25. The van der Waals surface area contributed by atoms with Crippen molar-refractivity contribution in [3.63, 3.8) is 0 Å². The number of hydrogen-bond acceptors (Lipinski definition) is 4. The summed E-state index contributed by atoms with van der Waals surface area (Å²) >= 11 is 0. The average Bonchev–Trinajstić information content (AvgIpc) is 3.08. The minimum absolute atomic E-state index is 0.0784. The molecule has 33 heavy (non-hydrogen) atoms. The van der Waals surface area contributed by atoms with E-state index in [-0.39, 0.29) is 30.2 Å². The SMILES string of the molecule is Cc1cccc(CN2C(=O)OC(c3ccc(NC(=O)C(C)C)cc3)C2C(=O)NCC(C)C)c1. The smallest absolute Gasteiger partial charge is 0.411 e. The van der Waals surface area contributed by atoms with Gasteiger partial charge in [-0.05, 0) is 36.1 Å². The zero-order valence-corrected chi connectivity index (χ0v) is 19.9. The van der Waals surface area contributed by atoms with E-state index < -0.39 is 18.2 Å². The van der Waals surface area contributed by atoms with Crippen LogP contribution in [-0.4, -0.2) is 35.4 Å². The first kappa shape index (κ1) is 24.3. The van der Waals surface area contributed by atoms with E-state index >= 15 is 0 Å². The monoisotopic (exact) mass is 451 g/mol. The molecule has 2 aromatic carbocycles. The van der Waals surface area contributed by atoms with Gasteiger partial charge in [-0.3, -0.25) is 14.5 Å². The summed E-state index contributed by atoms with van der Waals surface area (Å²) in [7, 11) is 0. The second kappa shape index (κ2) is 10.5. The number of carbonyl (C=O) groups excluding carboxylic acids is 3. The van der Waals surface area contributed by atoms with Crippen molar-refractivity contribution in [3.05, 3.63) is 65.2 Å². The van der Waals surface area contributed by atoms with Crippen LogP contribution in [0.5, 0.6) is 0 Å². The Bertz CT molecular complexity index is 1000. The highest BCUT2D eigenvalue weighted by atomic mass is 16.6. The topological polar surface area (TPSA) is 87.7 Å². The van der Waals surface area contributed by atoms with E-state index in [4.69, 9.17) is 4.74 Å². The molecule has 7 heteroatoms. The molecule has 0 aliphatic carbocycles. The number of hydrogen-bond donors (Lipinski definition) is 2. The van der Waals surface area contributed by atoms with Gasteiger partial charge in [0.1, 0.15) is 0 Å². The van der Waals surface area contributed by atoms with Gasteiger partial charge in [-0.1, -0.05) is 69.7 Å². The molecule has 176 valence electrons. The van der Waals surface area contributed by atoms with Crippen LogP contribution < -0.4 is 10.6 Å². The zero-order valence-electron chi connectivity index (χ0n) is 19.9. The summed E-state index contributed by atoms with van der Waals surface area (Å²) in [6, 6.07) is 14.1. The molecular weight excluding hydrogens is 418 g/mol. The maximum Gasteiger partial charge on any atom is 0.411 e. The molecule has 0 bridgehead atoms. The molecule has 1 aliphatic heterocycles. The normalized spacial score (nSPS) is 17.9. The van der Waals surface area contributed by atoms with Crippen LogP contribution in [0.15, 0.2) is 48.5 Å². The number of nitrogens with zero attached hydrogens (tertiary/aromatic N) is 1. The Morgan fingerprint density at radius 2 is 1.76 bits per heavy atom. The van der Waals surface area contributed by atoms with Gasteiger partial charge in [0, 0.05) is 18.2 Å². The Balaban J connectivity index is 1.86. The Morgan fingerprint density at radius 3 is 2.36 bits per heavy atom. The molecule has 0 aromatic heterocycles. The molecule has 2 unspecified atom stereocenters. The van der Waals surface area contributed by atoms with E-state index in [1.165, 1.54) is 4.90 Å². The summed E-state index contributed by atoms with van der Waals surface area (Å²) in [5.41, 5.74) is 3.36. The first-order valence-corrected chi connectivity index (χ1v) is 11.4. The second-order valence-electron chi connectivity index (χ2n) is 9.27. The highest BCUT2D eigenvalue weighted by molar-refractivity contribution is 5.92. The summed E-state index contributed by atoms with van der Waals surface area (Å²) in [6.45, 7) is 10.5. The Labute approximate surface area is 195 Å². The third kappa shape index (κ3) is 6.12. The van der Waals surface area contributed by atoms with E-state index in [0.29, 0.717) is 17.8 Å². The summed E-state index contributed by atoms with van der Waals surface area (Å²) in [5.74, 6) is -0.182. The third-order valence-electron chi connectivity index (χ3n) is 5.50. The fourth-order valence-electron chi connectivity index (χ4n) is 3.67. The summed E-state index contributed by atoms with van der Waals surface area (Å²) < 4.78 is 5.70. The number of ether oxygens (including phenoxy) is 1. The van der Waals surface area contributed by atoms with Crippen molar-refractivity contribution in [2.75, 3.05) is 11.9 Å². The number of rotatable bonds is 8. The number of nitrogens with one attached hydrogen (secondary N) is 2. The number of anilines is 1. The van der Waals surface area contributed by atoms with Crippen LogP contribution in [0.3, 0.4) is 0 Å². The average molecular weight is 452 g/mol. The molecule has 0 spiro atoms. The number of carbonyl (C=O) groups is 3. The zero-order chi connectivity index (χ0) is 24.1. The third-order valence-corrected chi connectivity index (χ3v) is 5.50. The van der Waals surface area contributed by atoms with Gasteiger partial charge >= 0.3 is 6.09 Å². The number of aryl methyl sites for hydroxylation is 1. The maximum absolute atomic E-state index is 13.2. The van der Waals surface area contributed by atoms with Gasteiger partial charge in [0.25, 0.3) is 0 Å². The second-order valence-corrected chi connectivity index (χ2v) is 9.27. The molecule has 1 aliphatic rings. The molecule has 3 amide bonds. The van der Waals surface area contributed by atoms with Crippen LogP contribution in [0.1, 0.15) is 50.5 Å². The van der Waals surface area contributed by atoms with Crippen molar-refractivity contribution in [1.29, 1.82) is 0 Å². The minimum atomic E-state index is -0.798. The highest BCUT2D eigenvalue weighted by Gasteiger charge is 2.46. The van der Waals surface area contributed by atoms with Gasteiger partial charge in [-0.2, -0.15) is 0 Å². The lowest BCUT2D eigenvalue weighted by molar-refractivity contribution is -0.126. The molecule has 1 fully saturated rings. The maximum atomic E-state index is 13.2. The lowest BCUT2D eigenvalue weighted by atomic mass is 10.00. The fourth-order valence-corrected chi connectivity index (χ4v) is 3.67. The van der Waals surface area contributed by atoms with Gasteiger partial charge in [-0.25, -0.2) is 4.79 Å². The number of cyclic esters (lactones) is 1. The molecule has 2 N–H and O–H groups in total. The summed E-state index contributed by atoms with van der Waals surface area (Å²) in [6.07, 6.45) is -1.27. The van der Waals surface area contributed by atoms with E-state index in [1.54, 1.807) is 24.3 Å². The van der Waals surface area contributed by atoms with Crippen molar-refractivity contribution >= 4 is 23.6 Å². The molecule has 7 nitrogen and oxygen atoms in total. The highest BCUT2D eigenvalue weighted by Crippen LogP contribution is 2.34. The van der Waals surface area contributed by atoms with Gasteiger partial charge in [0.15, 0.2) is 12.1 Å². The molecule has 0 saturated carbocycles. The van der Waals surface area contributed by atoms with Gasteiger partial charge < -0.3 is 15.4 Å². The first-order chi connectivity index (χ1) is 15.7. The van der Waals surface area contributed by atoms with E-state index in [0.717, 1.165) is 11.1 Å². The largest absolute Gasteiger partial charge is 0.438 e. The van der Waals surface area contributed by atoms with E-state index in [2.05, 4.69) is 10.6 Å². The number of benzene rings is 2. The predicted octanol–water partition coefficient (Wildman–Crippen LogP) is 4.42. The van der Waals surface area contributed by atoms with Crippen molar-refractivity contribution in [1.82, 2.24) is 10.2 Å². The molecular formula is C26H33N3O4. The number of amides is 3. The summed E-state index contributed by atoms with van der Waals surface area (Å²) in [4.78, 5) is 39.5. The van der Waals surface area contributed by atoms with Gasteiger partial charge in [0.2, 0.25) is 11.8 Å². The van der Waals surface area contributed by atoms with Crippen LogP contribution in [0, 0.1) is 18.8 Å². The molecule has 1 saturated heterocycles. The van der Waals surface area contributed by atoms with Crippen LogP contribution in [-0.2, 0) is 20.9 Å². The minimum Gasteiger partial charge on any atom is -0.438 e. The van der Waals surface area contributed by atoms with Crippen molar-refractivity contribution in [3.8, 4) is 0 Å². The standard InChI is InChI=1S/C26H33N3O4/c1-16(2)14-27-25(31)22-23(20-9-11-21(12-10-20)28-24(30)17(3)4)33-26(32)29(22)15-19-8-6-7-18(5)13-19/h6-13,16-17,22-23H,14-15H2,1-5H3,(H,27,31)(H,28,30). The van der Waals surface area contributed by atoms with Crippen LogP contribution in [0.25, 0.3) is 0 Å². The van der Waals surface area contributed by atoms with Crippen molar-refractivity contribution < 1.29 is 19.1 Å². The first-order valence-electron chi connectivity index (χ1n) is 11.4. The van der Waals surface area contributed by atoms with Crippen molar-refractivity contribution in [2.45, 2.75) is 53.3 Å². The Kier molecular flexibility index (Phi) is 7.74. The molecule has 2 aromatic rings. The molecule has 0 radical (unpaired) electrons. The van der Waals surface area contributed by atoms with Crippen molar-refractivity contribution in [2.24, 2.45) is 11.8 Å². The lowest BCUT2D eigenvalue weighted by Crippen LogP contribution is -2.47. The van der Waals surface area contributed by atoms with E-state index in [9.17, 15) is 14.4 Å². The quantitative estimate of drug-likeness (QED) is 0.622. The van der Waals surface area contributed by atoms with Crippen LogP contribution >= 0.6 is 0 Å². The van der Waals surface area contributed by atoms with E-state index in [1.807, 2.05) is 58.9 Å². The van der Waals surface area contributed by atoms with Gasteiger partial charge in [-0.15, -0.1) is 0 Å². The van der Waals surface area contributed by atoms with Crippen LogP contribution in [0.4, 0.5) is 10.5 Å². The Hall–Kier alpha value is -3.35. The molecule has 1 heterocycles. The predicted molar refractivity (Wildman–Crippen MR) is 127 cm³/mol. The molecule has 3 rings (SSSR count). The van der Waals surface area contributed by atoms with Crippen LogP contribution in [0.2, 0.25) is 0 Å². The summed E-state index contributed by atoms with van der Waals surface area (Å²) in [5, 5.41) is 5.80. The molecule has 2 atom stereocenters.